The second-order valence-electron chi connectivity index (χ2n) is 6.12. The zero-order valence-corrected chi connectivity index (χ0v) is 15.1. The lowest BCUT2D eigenvalue weighted by Gasteiger charge is -2.08. The first-order chi connectivity index (χ1) is 12.0. The summed E-state index contributed by atoms with van der Waals surface area (Å²) in [6, 6.07) is 13.4. The highest BCUT2D eigenvalue weighted by Gasteiger charge is 2.10. The van der Waals surface area contributed by atoms with Crippen molar-refractivity contribution in [3.8, 4) is 5.75 Å². The van der Waals surface area contributed by atoms with E-state index in [2.05, 4.69) is 10.3 Å². The van der Waals surface area contributed by atoms with Gasteiger partial charge in [0, 0.05) is 28.2 Å². The number of ether oxygens (including phenoxy) is 1. The molecule has 1 amide bonds. The molecule has 4 nitrogen and oxygen atoms in total. The number of carbonyl (C=O) groups excluding carboxylic acids is 1. The molecule has 3 aromatic rings. The summed E-state index contributed by atoms with van der Waals surface area (Å²) in [5.41, 5.74) is 4.50. The van der Waals surface area contributed by atoms with E-state index in [0.717, 1.165) is 28.6 Å². The minimum atomic E-state index is -0.129. The third-order valence-corrected chi connectivity index (χ3v) is 4.40. The molecule has 0 fully saturated rings. The van der Waals surface area contributed by atoms with Crippen LogP contribution in [0.2, 0.25) is 5.02 Å². The molecule has 0 aliphatic rings. The number of benzene rings is 2. The van der Waals surface area contributed by atoms with Gasteiger partial charge in [-0.3, -0.25) is 4.79 Å². The van der Waals surface area contributed by atoms with Gasteiger partial charge in [0.1, 0.15) is 5.75 Å². The van der Waals surface area contributed by atoms with Crippen molar-refractivity contribution in [1.82, 2.24) is 10.3 Å². The number of aromatic amines is 1. The van der Waals surface area contributed by atoms with Crippen LogP contribution in [0.1, 0.15) is 16.8 Å². The zero-order valence-electron chi connectivity index (χ0n) is 14.4. The number of halogens is 1. The third kappa shape index (κ3) is 4.34. The van der Waals surface area contributed by atoms with E-state index in [4.69, 9.17) is 16.3 Å². The van der Waals surface area contributed by atoms with Crippen molar-refractivity contribution in [1.29, 1.82) is 0 Å². The maximum atomic E-state index is 11.9. The molecule has 1 heterocycles. The highest BCUT2D eigenvalue weighted by atomic mass is 35.5. The number of nitrogens with one attached hydrogen (secondary N) is 2. The van der Waals surface area contributed by atoms with E-state index in [1.165, 1.54) is 5.56 Å². The van der Waals surface area contributed by atoms with Crippen LogP contribution in [0.4, 0.5) is 0 Å². The molecule has 3 rings (SSSR count). The van der Waals surface area contributed by atoms with Gasteiger partial charge < -0.3 is 15.0 Å². The van der Waals surface area contributed by atoms with Crippen LogP contribution in [0.25, 0.3) is 10.9 Å². The summed E-state index contributed by atoms with van der Waals surface area (Å²) in [5, 5.41) is 4.72. The van der Waals surface area contributed by atoms with Crippen LogP contribution in [0.5, 0.6) is 5.75 Å². The molecular weight excluding hydrogens is 336 g/mol. The van der Waals surface area contributed by atoms with Gasteiger partial charge in [-0.15, -0.1) is 0 Å². The van der Waals surface area contributed by atoms with E-state index >= 15 is 0 Å². The molecule has 130 valence electrons. The number of hydrogen-bond acceptors (Lipinski definition) is 2. The number of aryl methyl sites for hydroxylation is 2. The number of rotatable bonds is 6. The Labute approximate surface area is 152 Å². The van der Waals surface area contributed by atoms with E-state index in [0.29, 0.717) is 17.3 Å². The van der Waals surface area contributed by atoms with Crippen molar-refractivity contribution in [2.75, 3.05) is 13.2 Å². The maximum absolute atomic E-state index is 11.9. The summed E-state index contributed by atoms with van der Waals surface area (Å²) in [7, 11) is 0. The fourth-order valence-corrected chi connectivity index (χ4v) is 3.01. The fraction of sp³-hybridized carbons (Fsp3) is 0.250. The average Bonchev–Trinajstić information content (AvgIpc) is 2.89. The lowest BCUT2D eigenvalue weighted by atomic mass is 10.1. The van der Waals surface area contributed by atoms with E-state index in [1.807, 2.05) is 56.3 Å². The second kappa shape index (κ2) is 7.62. The van der Waals surface area contributed by atoms with Gasteiger partial charge in [0.25, 0.3) is 5.91 Å². The molecule has 0 aliphatic heterocycles. The Morgan fingerprint density at radius 1 is 1.16 bits per heavy atom. The number of amides is 1. The number of hydrogen-bond donors (Lipinski definition) is 2. The molecule has 1 aromatic heterocycles. The minimum absolute atomic E-state index is 0.0156. The molecule has 2 N–H and O–H groups in total. The topological polar surface area (TPSA) is 54.1 Å². The molecule has 0 bridgehead atoms. The fourth-order valence-electron chi connectivity index (χ4n) is 2.84. The number of carbonyl (C=O) groups is 1. The quantitative estimate of drug-likeness (QED) is 0.696. The predicted octanol–water partition coefficient (Wildman–Crippen LogP) is 4.18. The SMILES string of the molecule is Cc1ccc(OCC(=O)NCCc2c(C)[nH]c3ccc(Cl)cc23)cc1. The second-order valence-corrected chi connectivity index (χ2v) is 6.56. The molecule has 5 heteroatoms. The highest BCUT2D eigenvalue weighted by Crippen LogP contribution is 2.25. The summed E-state index contributed by atoms with van der Waals surface area (Å²) >= 11 is 6.09. The van der Waals surface area contributed by atoms with Crippen LogP contribution in [-0.4, -0.2) is 24.0 Å². The van der Waals surface area contributed by atoms with E-state index < -0.39 is 0 Å². The van der Waals surface area contributed by atoms with Crippen molar-refractivity contribution < 1.29 is 9.53 Å². The van der Waals surface area contributed by atoms with Gasteiger partial charge in [-0.05, 0) is 56.2 Å². The summed E-state index contributed by atoms with van der Waals surface area (Å²) in [4.78, 5) is 15.3. The smallest absolute Gasteiger partial charge is 0.257 e. The highest BCUT2D eigenvalue weighted by molar-refractivity contribution is 6.31. The van der Waals surface area contributed by atoms with Crippen molar-refractivity contribution in [3.05, 3.63) is 64.3 Å². The maximum Gasteiger partial charge on any atom is 0.257 e. The predicted molar refractivity (Wildman–Crippen MR) is 101 cm³/mol. The first-order valence-electron chi connectivity index (χ1n) is 8.26. The molecule has 25 heavy (non-hydrogen) atoms. The molecule has 0 spiro atoms. The van der Waals surface area contributed by atoms with Crippen LogP contribution in [0.15, 0.2) is 42.5 Å². The zero-order chi connectivity index (χ0) is 17.8. The van der Waals surface area contributed by atoms with Crippen LogP contribution >= 0.6 is 11.6 Å². The Balaban J connectivity index is 1.52. The van der Waals surface area contributed by atoms with Gasteiger partial charge in [-0.25, -0.2) is 0 Å². The van der Waals surface area contributed by atoms with E-state index in [-0.39, 0.29) is 12.5 Å². The van der Waals surface area contributed by atoms with Gasteiger partial charge in [0.15, 0.2) is 6.61 Å². The van der Waals surface area contributed by atoms with Crippen LogP contribution in [-0.2, 0) is 11.2 Å². The van der Waals surface area contributed by atoms with Gasteiger partial charge in [0.2, 0.25) is 0 Å². The van der Waals surface area contributed by atoms with Crippen molar-refractivity contribution >= 4 is 28.4 Å². The third-order valence-electron chi connectivity index (χ3n) is 4.17. The van der Waals surface area contributed by atoms with Gasteiger partial charge in [-0.1, -0.05) is 29.3 Å². The minimum Gasteiger partial charge on any atom is -0.484 e. The Morgan fingerprint density at radius 3 is 2.68 bits per heavy atom. The summed E-state index contributed by atoms with van der Waals surface area (Å²) in [6.07, 6.45) is 0.739. The van der Waals surface area contributed by atoms with E-state index in [1.54, 1.807) is 0 Å². The Bertz CT molecular complexity index is 885. The van der Waals surface area contributed by atoms with Crippen molar-refractivity contribution in [3.63, 3.8) is 0 Å². The monoisotopic (exact) mass is 356 g/mol. The Hall–Kier alpha value is -2.46. The first kappa shape index (κ1) is 17.4. The van der Waals surface area contributed by atoms with Crippen molar-refractivity contribution in [2.24, 2.45) is 0 Å². The summed E-state index contributed by atoms with van der Waals surface area (Å²) in [6.45, 7) is 4.61. The van der Waals surface area contributed by atoms with Crippen LogP contribution in [0, 0.1) is 13.8 Å². The van der Waals surface area contributed by atoms with Gasteiger partial charge in [0.05, 0.1) is 0 Å². The Morgan fingerprint density at radius 2 is 1.92 bits per heavy atom. The number of H-pyrrole nitrogens is 1. The van der Waals surface area contributed by atoms with Gasteiger partial charge >= 0.3 is 0 Å². The molecule has 0 radical (unpaired) electrons. The lowest BCUT2D eigenvalue weighted by Crippen LogP contribution is -2.30. The molecule has 0 atom stereocenters. The van der Waals surface area contributed by atoms with Crippen LogP contribution in [0.3, 0.4) is 0 Å². The van der Waals surface area contributed by atoms with Crippen LogP contribution < -0.4 is 10.1 Å². The standard InChI is InChI=1S/C20H21ClN2O2/c1-13-3-6-16(7-4-13)25-12-20(24)22-10-9-17-14(2)23-19-8-5-15(21)11-18(17)19/h3-8,11,23H,9-10,12H2,1-2H3,(H,22,24). The van der Waals surface area contributed by atoms with Gasteiger partial charge in [-0.2, -0.15) is 0 Å². The number of fused-ring (bicyclic) bond motifs is 1. The molecule has 2 aromatic carbocycles. The summed E-state index contributed by atoms with van der Waals surface area (Å²) < 4.78 is 5.48. The molecular formula is C20H21ClN2O2. The average molecular weight is 357 g/mol. The lowest BCUT2D eigenvalue weighted by molar-refractivity contribution is -0.123. The molecule has 0 saturated carbocycles. The normalized spacial score (nSPS) is 10.8. The Kier molecular flexibility index (Phi) is 5.29. The molecule has 0 saturated heterocycles. The van der Waals surface area contributed by atoms with Crippen molar-refractivity contribution in [2.45, 2.75) is 20.3 Å². The summed E-state index contributed by atoms with van der Waals surface area (Å²) in [5.74, 6) is 0.568. The van der Waals surface area contributed by atoms with E-state index in [9.17, 15) is 4.79 Å². The molecule has 0 unspecified atom stereocenters. The molecule has 0 aliphatic carbocycles. The first-order valence-corrected chi connectivity index (χ1v) is 8.63. The largest absolute Gasteiger partial charge is 0.484 e. The number of aromatic nitrogens is 1.